The number of benzene rings is 4. The van der Waals surface area contributed by atoms with Crippen molar-refractivity contribution in [2.24, 2.45) is 0 Å². The number of H-pyrrole nitrogens is 1. The zero-order valence-electron chi connectivity index (χ0n) is 24.8. The molecule has 2 N–H and O–H groups in total. The molecule has 0 saturated heterocycles. The van der Waals surface area contributed by atoms with Crippen LogP contribution in [0.4, 0.5) is 0 Å². The van der Waals surface area contributed by atoms with Crippen LogP contribution < -0.4 is 5.32 Å². The normalized spacial score (nSPS) is 13.5. The fourth-order valence-corrected chi connectivity index (χ4v) is 6.28. The van der Waals surface area contributed by atoms with Gasteiger partial charge in [-0.05, 0) is 93.3 Å². The molecule has 6 aromatic rings. The molecule has 1 amide bonds. The average Bonchev–Trinajstić information content (AvgIpc) is 3.67. The van der Waals surface area contributed by atoms with Crippen molar-refractivity contribution in [1.82, 2.24) is 35.5 Å². The summed E-state index contributed by atoms with van der Waals surface area (Å²) in [7, 11) is 1.68. The lowest BCUT2D eigenvalue weighted by atomic mass is 9.92. The van der Waals surface area contributed by atoms with Crippen LogP contribution >= 0.6 is 0 Å². The second-order valence-electron chi connectivity index (χ2n) is 11.3. The predicted octanol–water partition coefficient (Wildman–Crippen LogP) is 5.94. The van der Waals surface area contributed by atoms with Gasteiger partial charge in [0.1, 0.15) is 5.82 Å². The topological polar surface area (TPSA) is 101 Å². The first-order valence-corrected chi connectivity index (χ1v) is 15.0. The van der Waals surface area contributed by atoms with Gasteiger partial charge in [-0.2, -0.15) is 5.21 Å². The Balaban J connectivity index is 1.32. The second kappa shape index (κ2) is 11.7. The Bertz CT molecular complexity index is 2010. The molecule has 0 spiro atoms. The van der Waals surface area contributed by atoms with E-state index in [4.69, 9.17) is 4.98 Å². The zero-order valence-corrected chi connectivity index (χ0v) is 24.8. The van der Waals surface area contributed by atoms with Crippen LogP contribution in [0.2, 0.25) is 0 Å². The highest BCUT2D eigenvalue weighted by atomic mass is 16.1. The number of hydrogen-bond donors (Lipinski definition) is 2. The molecule has 1 aliphatic carbocycles. The lowest BCUT2D eigenvalue weighted by Crippen LogP contribution is -2.19. The molecular formula is C36H33N7O. The number of amides is 1. The van der Waals surface area contributed by atoms with Gasteiger partial charge in [-0.1, -0.05) is 72.8 Å². The highest BCUT2D eigenvalue weighted by molar-refractivity contribution is 5.93. The van der Waals surface area contributed by atoms with Crippen LogP contribution in [-0.2, 0) is 30.6 Å². The first-order valence-electron chi connectivity index (χ1n) is 15.0. The van der Waals surface area contributed by atoms with E-state index in [1.54, 1.807) is 7.05 Å². The van der Waals surface area contributed by atoms with Crippen LogP contribution in [0, 0.1) is 6.92 Å². The molecule has 0 radical (unpaired) electrons. The van der Waals surface area contributed by atoms with E-state index in [1.807, 2.05) is 12.1 Å². The van der Waals surface area contributed by atoms with Crippen molar-refractivity contribution in [3.63, 3.8) is 0 Å². The third-order valence-electron chi connectivity index (χ3n) is 8.49. The van der Waals surface area contributed by atoms with E-state index in [0.717, 1.165) is 46.4 Å². The van der Waals surface area contributed by atoms with Gasteiger partial charge < -0.3 is 9.88 Å². The molecule has 0 bridgehead atoms. The molecule has 2 aromatic heterocycles. The minimum atomic E-state index is 0.0100. The Hall–Kier alpha value is -5.37. The van der Waals surface area contributed by atoms with Gasteiger partial charge in [0.05, 0.1) is 11.0 Å². The summed E-state index contributed by atoms with van der Waals surface area (Å²) in [5.74, 6) is 1.48. The Morgan fingerprint density at radius 1 is 0.932 bits per heavy atom. The second-order valence-corrected chi connectivity index (χ2v) is 11.3. The predicted molar refractivity (Wildman–Crippen MR) is 173 cm³/mol. The van der Waals surface area contributed by atoms with Gasteiger partial charge in [0.2, 0.25) is 5.91 Å². The van der Waals surface area contributed by atoms with Crippen LogP contribution in [-0.4, -0.2) is 43.1 Å². The summed E-state index contributed by atoms with van der Waals surface area (Å²) in [5, 5.41) is 17.5. The molecule has 0 unspecified atom stereocenters. The smallest absolute Gasteiger partial charge is 0.220 e. The Morgan fingerprint density at radius 2 is 1.73 bits per heavy atom. The van der Waals surface area contributed by atoms with Crippen LogP contribution in [0.5, 0.6) is 0 Å². The Morgan fingerprint density at radius 3 is 2.55 bits per heavy atom. The van der Waals surface area contributed by atoms with E-state index in [9.17, 15) is 4.79 Å². The molecule has 44 heavy (non-hydrogen) atoms. The van der Waals surface area contributed by atoms with Crippen LogP contribution in [0.1, 0.15) is 51.5 Å². The number of imidazole rings is 1. The minimum absolute atomic E-state index is 0.0100. The van der Waals surface area contributed by atoms with Crippen molar-refractivity contribution >= 4 is 28.6 Å². The van der Waals surface area contributed by atoms with Gasteiger partial charge in [-0.15, -0.1) is 10.2 Å². The quantitative estimate of drug-likeness (QED) is 0.244. The summed E-state index contributed by atoms with van der Waals surface area (Å²) in [4.78, 5) is 17.3. The first kappa shape index (κ1) is 27.5. The number of aromatic amines is 1. The Kier molecular flexibility index (Phi) is 7.32. The number of aromatic nitrogens is 6. The highest BCUT2D eigenvalue weighted by Crippen LogP contribution is 2.36. The number of nitrogens with zero attached hydrogens (tertiary/aromatic N) is 5. The molecule has 2 heterocycles. The maximum absolute atomic E-state index is 12.2. The third kappa shape index (κ3) is 5.30. The summed E-state index contributed by atoms with van der Waals surface area (Å²) in [5.41, 5.74) is 12.8. The lowest BCUT2D eigenvalue weighted by molar-refractivity contribution is -0.120. The van der Waals surface area contributed by atoms with Crippen molar-refractivity contribution < 1.29 is 4.79 Å². The molecule has 0 atom stereocenters. The molecule has 4 aromatic carbocycles. The van der Waals surface area contributed by atoms with Crippen molar-refractivity contribution in [1.29, 1.82) is 0 Å². The molecular weight excluding hydrogens is 546 g/mol. The summed E-state index contributed by atoms with van der Waals surface area (Å²) in [6.45, 7) is 2.77. The molecule has 0 saturated carbocycles. The number of carbonyl (C=O) groups excluding carboxylic acids is 1. The van der Waals surface area contributed by atoms with E-state index >= 15 is 0 Å². The number of aryl methyl sites for hydroxylation is 4. The van der Waals surface area contributed by atoms with Crippen LogP contribution in [0.25, 0.3) is 33.8 Å². The van der Waals surface area contributed by atoms with E-state index < -0.39 is 0 Å². The number of tetrazole rings is 1. The van der Waals surface area contributed by atoms with E-state index in [2.05, 4.69) is 116 Å². The number of rotatable bonds is 7. The van der Waals surface area contributed by atoms with Gasteiger partial charge in [-0.25, -0.2) is 4.98 Å². The summed E-state index contributed by atoms with van der Waals surface area (Å²) < 4.78 is 2.29. The van der Waals surface area contributed by atoms with E-state index in [0.29, 0.717) is 25.2 Å². The van der Waals surface area contributed by atoms with Crippen molar-refractivity contribution in [2.75, 3.05) is 7.05 Å². The maximum atomic E-state index is 12.2. The minimum Gasteiger partial charge on any atom is -0.359 e. The SMILES string of the molecule is CNC(=O)CCc1nc2c(C)cc(-c3ccccc3)cc2n1Cc1ccc2c(c1)CCc1ccccc1/C2=C\c1nn[nH]n1. The summed E-state index contributed by atoms with van der Waals surface area (Å²) in [6, 6.07) is 30.2. The van der Waals surface area contributed by atoms with Gasteiger partial charge in [0, 0.05) is 26.4 Å². The van der Waals surface area contributed by atoms with E-state index in [-0.39, 0.29) is 5.91 Å². The van der Waals surface area contributed by atoms with Crippen molar-refractivity contribution in [3.8, 4) is 11.1 Å². The fourth-order valence-electron chi connectivity index (χ4n) is 6.28. The van der Waals surface area contributed by atoms with Crippen molar-refractivity contribution in [2.45, 2.75) is 39.2 Å². The third-order valence-corrected chi connectivity index (χ3v) is 8.49. The number of fused-ring (bicyclic) bond motifs is 3. The highest BCUT2D eigenvalue weighted by Gasteiger charge is 2.21. The Labute approximate surface area is 255 Å². The fraction of sp³-hybridized carbons (Fsp3) is 0.194. The average molecular weight is 580 g/mol. The summed E-state index contributed by atoms with van der Waals surface area (Å²) in [6.07, 6.45) is 4.83. The molecule has 8 heteroatoms. The molecule has 8 nitrogen and oxygen atoms in total. The largest absolute Gasteiger partial charge is 0.359 e. The number of carbonyl (C=O) groups is 1. The zero-order chi connectivity index (χ0) is 30.0. The monoisotopic (exact) mass is 579 g/mol. The lowest BCUT2D eigenvalue weighted by Gasteiger charge is -2.15. The molecule has 1 aliphatic rings. The molecule has 218 valence electrons. The van der Waals surface area contributed by atoms with E-state index in [1.165, 1.54) is 33.4 Å². The van der Waals surface area contributed by atoms with Gasteiger partial charge >= 0.3 is 0 Å². The number of nitrogens with one attached hydrogen (secondary N) is 2. The molecule has 0 aliphatic heterocycles. The molecule has 0 fully saturated rings. The van der Waals surface area contributed by atoms with Gasteiger partial charge in [0.15, 0.2) is 5.82 Å². The van der Waals surface area contributed by atoms with Crippen LogP contribution in [0.15, 0.2) is 84.9 Å². The van der Waals surface area contributed by atoms with Crippen molar-refractivity contribution in [3.05, 3.63) is 130 Å². The van der Waals surface area contributed by atoms with Gasteiger partial charge in [0.25, 0.3) is 0 Å². The molecule has 7 rings (SSSR count). The first-order chi connectivity index (χ1) is 21.6. The van der Waals surface area contributed by atoms with Gasteiger partial charge in [-0.3, -0.25) is 4.79 Å². The number of hydrogen-bond acceptors (Lipinski definition) is 5. The van der Waals surface area contributed by atoms with Crippen LogP contribution in [0.3, 0.4) is 0 Å². The maximum Gasteiger partial charge on any atom is 0.220 e. The summed E-state index contributed by atoms with van der Waals surface area (Å²) >= 11 is 0. The standard InChI is InChI=1S/C36H33N7O/c1-23-18-28(25-8-4-3-5-9-25)20-32-36(23)38-34(16-17-35(44)37-2)43(32)22-24-12-15-30-27(19-24)14-13-26-10-6-7-11-29(26)31(30)21-33-39-41-42-40-33/h3-12,15,18-21H,13-14,16-17,22H2,1-2H3,(H,37,44)(H,39,40,41,42)/b31-21+.